The van der Waals surface area contributed by atoms with E-state index in [1.807, 2.05) is 48.5 Å². The fraction of sp³-hybridized carbons (Fsp3) is 0.400. The third-order valence-corrected chi connectivity index (χ3v) is 13.2. The van der Waals surface area contributed by atoms with Gasteiger partial charge in [-0.3, -0.25) is 0 Å². The van der Waals surface area contributed by atoms with Gasteiger partial charge in [0.2, 0.25) is 0 Å². The summed E-state index contributed by atoms with van der Waals surface area (Å²) in [4.78, 5) is 0. The summed E-state index contributed by atoms with van der Waals surface area (Å²) in [5.41, 5.74) is 0. The Morgan fingerprint density at radius 3 is 0.686 bits per heavy atom. The van der Waals surface area contributed by atoms with Crippen LogP contribution in [0.3, 0.4) is 0 Å². The summed E-state index contributed by atoms with van der Waals surface area (Å²) >= 11 is -2.17. The van der Waals surface area contributed by atoms with E-state index in [4.69, 9.17) is 6.94 Å². The van der Waals surface area contributed by atoms with Gasteiger partial charge in [0, 0.05) is 0 Å². The van der Waals surface area contributed by atoms with Crippen molar-refractivity contribution >= 4 is 52.9 Å². The van der Waals surface area contributed by atoms with E-state index >= 15 is 0 Å². The molecule has 0 aliphatic rings. The molecule has 15 heteroatoms. The molecule has 35 heavy (non-hydrogen) atoms. The molecule has 0 aliphatic heterocycles. The Morgan fingerprint density at radius 1 is 0.429 bits per heavy atom. The molecule has 0 fully saturated rings. The number of hydrogen-bond acceptors (Lipinski definition) is 10. The van der Waals surface area contributed by atoms with Gasteiger partial charge in [-0.15, -0.1) is 0 Å². The number of rotatable bonds is 12. The van der Waals surface area contributed by atoms with Crippen LogP contribution in [-0.2, 0) is 24.8 Å². The van der Waals surface area contributed by atoms with Crippen molar-refractivity contribution in [2.45, 2.75) is 0 Å². The molecule has 10 nitrogen and oxygen atoms in total. The van der Waals surface area contributed by atoms with Gasteiger partial charge in [0.15, 0.2) is 50.8 Å². The van der Waals surface area contributed by atoms with Crippen molar-refractivity contribution in [3.05, 3.63) is 48.5 Å². The normalized spacial score (nSPS) is 10.7. The molecule has 0 radical (unpaired) electrons. The third kappa shape index (κ3) is 12.0. The molecule has 2 rings (SSSR count). The molecule has 199 valence electrons. The van der Waals surface area contributed by atoms with Gasteiger partial charge in [-0.05, 0) is 24.3 Å². The van der Waals surface area contributed by atoms with Crippen molar-refractivity contribution in [3.8, 4) is 0 Å². The van der Waals surface area contributed by atoms with E-state index in [1.54, 1.807) is 0 Å². The van der Waals surface area contributed by atoms with Crippen LogP contribution in [-0.4, -0.2) is 91.6 Å². The van der Waals surface area contributed by atoms with Gasteiger partial charge in [0.05, 0.1) is 31.7 Å². The average molecular weight is 747 g/mol. The first-order valence-corrected chi connectivity index (χ1v) is 20.2. The van der Waals surface area contributed by atoms with Crippen LogP contribution in [0, 0.1) is 0 Å². The Hall–Kier alpha value is 0.102. The van der Waals surface area contributed by atoms with E-state index in [0.717, 1.165) is 21.2 Å². The first-order valence-electron chi connectivity index (χ1n) is 10.3. The van der Waals surface area contributed by atoms with Gasteiger partial charge in [-0.25, -0.2) is 0 Å². The van der Waals surface area contributed by atoms with Crippen molar-refractivity contribution in [2.24, 2.45) is 0 Å². The molecular formula is C20H36O10P4Re+4. The van der Waals surface area contributed by atoms with Gasteiger partial charge in [-0.1, -0.05) is 24.3 Å². The van der Waals surface area contributed by atoms with Crippen molar-refractivity contribution in [3.63, 3.8) is 0 Å². The zero-order valence-corrected chi connectivity index (χ0v) is 25.8. The van der Waals surface area contributed by atoms with Crippen molar-refractivity contribution in [2.75, 3.05) is 50.8 Å². The van der Waals surface area contributed by atoms with Crippen molar-refractivity contribution < 1.29 is 65.7 Å². The molecule has 0 saturated carbocycles. The van der Waals surface area contributed by atoms with Crippen LogP contribution in [0.2, 0.25) is 0 Å². The summed E-state index contributed by atoms with van der Waals surface area (Å²) in [5, 5.41) is 77.3. The second-order valence-corrected chi connectivity index (χ2v) is 16.8. The summed E-state index contributed by atoms with van der Waals surface area (Å²) in [7, 11) is -5.52. The number of aliphatic hydroxyl groups excluding tert-OH is 8. The minimum atomic E-state index is -2.17. The van der Waals surface area contributed by atoms with E-state index in [2.05, 4.69) is 0 Å². The Balaban J connectivity index is 0.000000594. The van der Waals surface area contributed by atoms with Gasteiger partial charge in [0.1, 0.15) is 21.2 Å². The van der Waals surface area contributed by atoms with Gasteiger partial charge >= 0.3 is 24.8 Å². The number of hydrogen-bond donors (Lipinski definition) is 8. The predicted octanol–water partition coefficient (Wildman–Crippen LogP) is -1.91. The first kappa shape index (κ1) is 35.1. The predicted molar refractivity (Wildman–Crippen MR) is 143 cm³/mol. The average Bonchev–Trinajstić information content (AvgIpc) is 2.89. The zero-order valence-electron chi connectivity index (χ0n) is 19.0. The monoisotopic (exact) mass is 747 g/mol. The molecular weight excluding hydrogens is 710 g/mol. The zero-order chi connectivity index (χ0) is 26.6. The van der Waals surface area contributed by atoms with Crippen LogP contribution in [0.25, 0.3) is 0 Å². The fourth-order valence-electron chi connectivity index (χ4n) is 3.08. The van der Waals surface area contributed by atoms with Crippen LogP contribution in [0.5, 0.6) is 0 Å². The standard InChI is InChI=1S/2C10H16O4P2.2O.Re/c2*11-5-15(6-12)9-3-1-2-4-10(9)16(7-13)8-14;;;/h2*1-4,11-14H,5-8H2;;;/p+4. The summed E-state index contributed by atoms with van der Waals surface area (Å²) in [6.07, 6.45) is -0.300. The number of aliphatic hydroxyl groups is 8. The van der Waals surface area contributed by atoms with Crippen molar-refractivity contribution in [1.82, 2.24) is 0 Å². The molecule has 2 aromatic carbocycles. The second kappa shape index (κ2) is 22.1. The minimum absolute atomic E-state index is 0.0375. The van der Waals surface area contributed by atoms with Gasteiger partial charge < -0.3 is 40.9 Å². The second-order valence-electron chi connectivity index (χ2n) is 6.83. The molecule has 0 amide bonds. The molecule has 0 bridgehead atoms. The number of benzene rings is 2. The molecule has 0 spiro atoms. The van der Waals surface area contributed by atoms with E-state index in [1.165, 1.54) is 0 Å². The Bertz CT molecular complexity index is 719. The van der Waals surface area contributed by atoms with Crippen LogP contribution in [0.1, 0.15) is 0 Å². The Labute approximate surface area is 217 Å². The van der Waals surface area contributed by atoms with Gasteiger partial charge in [-0.2, -0.15) is 0 Å². The summed E-state index contributed by atoms with van der Waals surface area (Å²) in [5.74, 6) is 0. The summed E-state index contributed by atoms with van der Waals surface area (Å²) in [6.45, 7) is 0. The molecule has 2 aromatic rings. The SMILES string of the molecule is OC[PH+](CO)c1ccccc1[PH+](CO)CO.OC[PH+](CO)c1ccccc1[PH+](CO)CO.[O]=[Re]=[O]. The van der Waals surface area contributed by atoms with Crippen molar-refractivity contribution in [1.29, 1.82) is 0 Å². The summed E-state index contributed by atoms with van der Waals surface area (Å²) in [6, 6.07) is 14.9. The molecule has 0 heterocycles. The van der Waals surface area contributed by atoms with E-state index in [0.29, 0.717) is 0 Å². The maximum absolute atomic E-state index is 9.20. The van der Waals surface area contributed by atoms with Crippen LogP contribution < -0.4 is 21.2 Å². The topological polar surface area (TPSA) is 196 Å². The molecule has 0 unspecified atom stereocenters. The van der Waals surface area contributed by atoms with Crippen LogP contribution in [0.15, 0.2) is 48.5 Å². The fourth-order valence-corrected chi connectivity index (χ4v) is 10.1. The van der Waals surface area contributed by atoms with Crippen LogP contribution >= 0.6 is 31.7 Å². The molecule has 0 aromatic heterocycles. The third-order valence-electron chi connectivity index (χ3n) is 4.90. The maximum atomic E-state index is 9.20. The summed E-state index contributed by atoms with van der Waals surface area (Å²) < 4.78 is 17.1. The molecule has 0 atom stereocenters. The first-order chi connectivity index (χ1) is 17.0. The van der Waals surface area contributed by atoms with Crippen LogP contribution in [0.4, 0.5) is 0 Å². The van der Waals surface area contributed by atoms with E-state index < -0.39 is 49.6 Å². The van der Waals surface area contributed by atoms with Gasteiger partial charge in [0.25, 0.3) is 0 Å². The Morgan fingerprint density at radius 2 is 0.571 bits per heavy atom. The Kier molecular flexibility index (Phi) is 22.2. The quantitative estimate of drug-likeness (QED) is 0.114. The molecule has 0 saturated heterocycles. The van der Waals surface area contributed by atoms with E-state index in [-0.39, 0.29) is 50.8 Å². The molecule has 0 aliphatic carbocycles. The molecule has 8 N–H and O–H groups in total. The van der Waals surface area contributed by atoms with E-state index in [9.17, 15) is 40.9 Å².